The number of nitrogens with one attached hydrogen (secondary N) is 2. The summed E-state index contributed by atoms with van der Waals surface area (Å²) in [4.78, 5) is 11.6. The molecule has 2 N–H and O–H groups in total. The predicted octanol–water partition coefficient (Wildman–Crippen LogP) is 1.64. The number of benzene rings is 1. The normalized spacial score (nSPS) is 16.5. The van der Waals surface area contributed by atoms with E-state index in [0.717, 1.165) is 5.75 Å². The number of anilines is 1. The Morgan fingerprint density at radius 1 is 1.30 bits per heavy atom. The largest absolute Gasteiger partial charge is 0.486 e. The number of carbonyl (C=O) groups is 1. The van der Waals surface area contributed by atoms with Gasteiger partial charge in [-0.25, -0.2) is 4.79 Å². The lowest BCUT2D eigenvalue weighted by molar-refractivity contribution is 0.0922. The highest BCUT2D eigenvalue weighted by atomic mass is 16.6. The average molecular weight is 275 g/mol. The molecule has 0 spiro atoms. The molecule has 20 heavy (non-hydrogen) atoms. The second-order valence-electron chi connectivity index (χ2n) is 4.22. The van der Waals surface area contributed by atoms with E-state index in [0.29, 0.717) is 24.7 Å². The molecule has 1 aromatic heterocycles. The van der Waals surface area contributed by atoms with Crippen LogP contribution in [0.3, 0.4) is 0 Å². The van der Waals surface area contributed by atoms with Gasteiger partial charge in [0.2, 0.25) is 0 Å². The molecule has 7 heteroatoms. The van der Waals surface area contributed by atoms with Crippen molar-refractivity contribution < 1.29 is 18.8 Å². The van der Waals surface area contributed by atoms with Crippen LogP contribution in [0.25, 0.3) is 0 Å². The third kappa shape index (κ3) is 2.82. The number of amides is 2. The highest BCUT2D eigenvalue weighted by molar-refractivity contribution is 5.87. The summed E-state index contributed by atoms with van der Waals surface area (Å²) in [6.07, 6.45) is 1.15. The van der Waals surface area contributed by atoms with Crippen LogP contribution >= 0.6 is 0 Å². The summed E-state index contributed by atoms with van der Waals surface area (Å²) in [6.45, 7) is 0.722. The number of hydrogen-bond acceptors (Lipinski definition) is 5. The van der Waals surface area contributed by atoms with Gasteiger partial charge in [0.1, 0.15) is 12.9 Å². The van der Waals surface area contributed by atoms with E-state index in [-0.39, 0.29) is 12.1 Å². The van der Waals surface area contributed by atoms with Crippen molar-refractivity contribution in [3.8, 4) is 11.5 Å². The molecule has 1 aliphatic rings. The number of rotatable bonds is 3. The molecule has 2 amide bonds. The highest BCUT2D eigenvalue weighted by Gasteiger charge is 2.21. The summed E-state index contributed by atoms with van der Waals surface area (Å²) in [7, 11) is 0. The molecule has 104 valence electrons. The first-order valence-electron chi connectivity index (χ1n) is 6.15. The lowest BCUT2D eigenvalue weighted by atomic mass is 10.2. The monoisotopic (exact) mass is 275 g/mol. The quantitative estimate of drug-likeness (QED) is 0.889. The topological polar surface area (TPSA) is 85.6 Å². The van der Waals surface area contributed by atoms with E-state index in [1.807, 2.05) is 24.3 Å². The Kier molecular flexibility index (Phi) is 3.40. The fourth-order valence-corrected chi connectivity index (χ4v) is 1.81. The van der Waals surface area contributed by atoms with E-state index < -0.39 is 0 Å². The molecule has 1 unspecified atom stereocenters. The van der Waals surface area contributed by atoms with Crippen molar-refractivity contribution in [2.24, 2.45) is 0 Å². The van der Waals surface area contributed by atoms with Gasteiger partial charge in [0, 0.05) is 6.07 Å². The van der Waals surface area contributed by atoms with Crippen molar-refractivity contribution >= 4 is 11.8 Å². The molecule has 0 radical (unpaired) electrons. The molecule has 7 nitrogen and oxygen atoms in total. The number of fused-ring (bicyclic) bond motifs is 1. The molecule has 1 aromatic carbocycles. The Labute approximate surface area is 114 Å². The number of ether oxygens (including phenoxy) is 2. The smallest absolute Gasteiger partial charge is 0.320 e. The van der Waals surface area contributed by atoms with Gasteiger partial charge in [0.15, 0.2) is 23.4 Å². The summed E-state index contributed by atoms with van der Waals surface area (Å²) in [5.74, 6) is 1.76. The van der Waals surface area contributed by atoms with Crippen molar-refractivity contribution in [2.45, 2.75) is 6.10 Å². The SMILES string of the molecule is O=C(NCC1COc2ccccc2O1)Nc1ccon1. The van der Waals surface area contributed by atoms with Crippen molar-refractivity contribution in [1.29, 1.82) is 0 Å². The molecule has 2 aromatic rings. The molecule has 0 fully saturated rings. The van der Waals surface area contributed by atoms with Crippen LogP contribution < -0.4 is 20.1 Å². The number of para-hydroxylation sites is 2. The third-order valence-electron chi connectivity index (χ3n) is 2.74. The fourth-order valence-electron chi connectivity index (χ4n) is 1.81. The Hall–Kier alpha value is -2.70. The minimum Gasteiger partial charge on any atom is -0.486 e. The van der Waals surface area contributed by atoms with E-state index in [1.54, 1.807) is 6.07 Å². The molecule has 1 aliphatic heterocycles. The first-order chi connectivity index (χ1) is 9.81. The van der Waals surface area contributed by atoms with Gasteiger partial charge in [-0.05, 0) is 12.1 Å². The average Bonchev–Trinajstić information content (AvgIpc) is 2.98. The van der Waals surface area contributed by atoms with Gasteiger partial charge in [-0.1, -0.05) is 17.3 Å². The van der Waals surface area contributed by atoms with Gasteiger partial charge in [-0.2, -0.15) is 0 Å². The summed E-state index contributed by atoms with van der Waals surface area (Å²) in [5, 5.41) is 8.79. The Morgan fingerprint density at radius 3 is 2.95 bits per heavy atom. The van der Waals surface area contributed by atoms with Crippen LogP contribution in [0.4, 0.5) is 10.6 Å². The third-order valence-corrected chi connectivity index (χ3v) is 2.74. The Bertz CT molecular complexity index is 585. The van der Waals surface area contributed by atoms with Gasteiger partial charge in [0.25, 0.3) is 0 Å². The second-order valence-corrected chi connectivity index (χ2v) is 4.22. The van der Waals surface area contributed by atoms with E-state index in [9.17, 15) is 4.79 Å². The van der Waals surface area contributed by atoms with Gasteiger partial charge in [0.05, 0.1) is 6.54 Å². The number of urea groups is 1. The van der Waals surface area contributed by atoms with Gasteiger partial charge in [-0.15, -0.1) is 0 Å². The molecule has 0 saturated carbocycles. The zero-order chi connectivity index (χ0) is 13.8. The Morgan fingerprint density at radius 2 is 2.15 bits per heavy atom. The first-order valence-corrected chi connectivity index (χ1v) is 6.15. The van der Waals surface area contributed by atoms with Crippen molar-refractivity contribution in [3.05, 3.63) is 36.6 Å². The maximum absolute atomic E-state index is 11.6. The minimum atomic E-state index is -0.374. The molecular weight excluding hydrogens is 262 g/mol. The van der Waals surface area contributed by atoms with Crippen LogP contribution in [0.15, 0.2) is 41.1 Å². The van der Waals surface area contributed by atoms with E-state index >= 15 is 0 Å². The first kappa shape index (κ1) is 12.3. The summed E-state index contributed by atoms with van der Waals surface area (Å²) < 4.78 is 15.9. The lowest BCUT2D eigenvalue weighted by Crippen LogP contribution is -2.42. The molecule has 2 heterocycles. The predicted molar refractivity (Wildman–Crippen MR) is 69.9 cm³/mol. The summed E-state index contributed by atoms with van der Waals surface area (Å²) >= 11 is 0. The van der Waals surface area contributed by atoms with Gasteiger partial charge in [-0.3, -0.25) is 5.32 Å². The number of hydrogen-bond donors (Lipinski definition) is 2. The molecular formula is C13H13N3O4. The van der Waals surface area contributed by atoms with Crippen LogP contribution in [0.2, 0.25) is 0 Å². The van der Waals surface area contributed by atoms with Crippen LogP contribution in [-0.4, -0.2) is 30.4 Å². The van der Waals surface area contributed by atoms with Crippen LogP contribution in [0.5, 0.6) is 11.5 Å². The zero-order valence-corrected chi connectivity index (χ0v) is 10.5. The summed E-state index contributed by atoms with van der Waals surface area (Å²) in [5.41, 5.74) is 0. The second kappa shape index (κ2) is 5.52. The zero-order valence-electron chi connectivity index (χ0n) is 10.5. The fraction of sp³-hybridized carbons (Fsp3) is 0.231. The highest BCUT2D eigenvalue weighted by Crippen LogP contribution is 2.30. The van der Waals surface area contributed by atoms with E-state index in [1.165, 1.54) is 6.26 Å². The van der Waals surface area contributed by atoms with Crippen molar-refractivity contribution in [3.63, 3.8) is 0 Å². The van der Waals surface area contributed by atoms with Crippen molar-refractivity contribution in [2.75, 3.05) is 18.5 Å². The maximum atomic E-state index is 11.6. The van der Waals surface area contributed by atoms with Crippen LogP contribution in [-0.2, 0) is 0 Å². The Balaban J connectivity index is 1.49. The van der Waals surface area contributed by atoms with Crippen molar-refractivity contribution in [1.82, 2.24) is 10.5 Å². The number of aromatic nitrogens is 1. The summed E-state index contributed by atoms with van der Waals surface area (Å²) in [6, 6.07) is 8.60. The molecule has 1 atom stereocenters. The van der Waals surface area contributed by atoms with E-state index in [2.05, 4.69) is 20.3 Å². The number of carbonyl (C=O) groups excluding carboxylic acids is 1. The maximum Gasteiger partial charge on any atom is 0.320 e. The number of nitrogens with zero attached hydrogens (tertiary/aromatic N) is 1. The van der Waals surface area contributed by atoms with Gasteiger partial charge >= 0.3 is 6.03 Å². The molecule has 3 rings (SSSR count). The minimum absolute atomic E-state index is 0.229. The molecule has 0 saturated heterocycles. The standard InChI is InChI=1S/C13H13N3O4/c17-13(15-12-5-6-19-16-12)14-7-9-8-18-10-3-1-2-4-11(10)20-9/h1-6,9H,7-8H2,(H2,14,15,16,17). The molecule has 0 bridgehead atoms. The molecule has 0 aliphatic carbocycles. The van der Waals surface area contributed by atoms with E-state index in [4.69, 9.17) is 9.47 Å². The lowest BCUT2D eigenvalue weighted by Gasteiger charge is -2.26. The van der Waals surface area contributed by atoms with Crippen LogP contribution in [0, 0.1) is 0 Å². The van der Waals surface area contributed by atoms with Gasteiger partial charge < -0.3 is 19.3 Å². The van der Waals surface area contributed by atoms with Crippen LogP contribution in [0.1, 0.15) is 0 Å².